The maximum absolute atomic E-state index is 4.28. The van der Waals surface area contributed by atoms with Crippen LogP contribution in [0, 0.1) is 0 Å². The molecular weight excluding hydrogens is 190 g/mol. The average molecular weight is 205 g/mol. The lowest BCUT2D eigenvalue weighted by Gasteiger charge is -2.05. The summed E-state index contributed by atoms with van der Waals surface area (Å²) in [6.07, 6.45) is 9.22. The van der Waals surface area contributed by atoms with E-state index in [0.717, 1.165) is 31.8 Å². The van der Waals surface area contributed by atoms with Gasteiger partial charge in [0.1, 0.15) is 18.5 Å². The topological polar surface area (TPSA) is 48.5 Å². The Morgan fingerprint density at radius 1 is 1.33 bits per heavy atom. The van der Waals surface area contributed by atoms with Crippen LogP contribution in [-0.4, -0.2) is 24.3 Å². The first-order valence-corrected chi connectivity index (χ1v) is 5.22. The Bertz CT molecular complexity index is 390. The third kappa shape index (κ3) is 2.43. The van der Waals surface area contributed by atoms with Gasteiger partial charge in [0.2, 0.25) is 0 Å². The molecule has 0 saturated carbocycles. The molecule has 0 radical (unpaired) electrons. The summed E-state index contributed by atoms with van der Waals surface area (Å²) >= 11 is 0. The first-order chi connectivity index (χ1) is 7.40. The van der Waals surface area contributed by atoms with E-state index in [9.17, 15) is 0 Å². The SMILES string of the molecule is CCc1nccn1CCCn1cncn1. The minimum Gasteiger partial charge on any atom is -0.335 e. The minimum atomic E-state index is 0.904. The highest BCUT2D eigenvalue weighted by atomic mass is 15.3. The molecule has 5 heteroatoms. The van der Waals surface area contributed by atoms with E-state index >= 15 is 0 Å². The summed E-state index contributed by atoms with van der Waals surface area (Å²) in [4.78, 5) is 8.18. The van der Waals surface area contributed by atoms with E-state index in [1.54, 1.807) is 12.7 Å². The second kappa shape index (κ2) is 4.72. The molecule has 0 spiro atoms. The highest BCUT2D eigenvalue weighted by Crippen LogP contribution is 2.00. The quantitative estimate of drug-likeness (QED) is 0.735. The second-order valence-electron chi connectivity index (χ2n) is 3.40. The molecule has 0 saturated heterocycles. The van der Waals surface area contributed by atoms with Crippen LogP contribution in [0.25, 0.3) is 0 Å². The maximum atomic E-state index is 4.28. The Morgan fingerprint density at radius 2 is 2.27 bits per heavy atom. The van der Waals surface area contributed by atoms with Gasteiger partial charge in [-0.2, -0.15) is 5.10 Å². The molecular formula is C10H15N5. The number of aryl methyl sites for hydroxylation is 3. The van der Waals surface area contributed by atoms with Crippen LogP contribution in [-0.2, 0) is 19.5 Å². The number of nitrogens with zero attached hydrogens (tertiary/aromatic N) is 5. The van der Waals surface area contributed by atoms with E-state index in [4.69, 9.17) is 0 Å². The van der Waals surface area contributed by atoms with E-state index in [1.165, 1.54) is 0 Å². The van der Waals surface area contributed by atoms with Crippen molar-refractivity contribution in [3.05, 3.63) is 30.9 Å². The highest BCUT2D eigenvalue weighted by Gasteiger charge is 1.99. The van der Waals surface area contributed by atoms with Crippen LogP contribution < -0.4 is 0 Å². The molecule has 0 aliphatic carbocycles. The van der Waals surface area contributed by atoms with Gasteiger partial charge in [0.05, 0.1) is 0 Å². The molecule has 0 aliphatic rings. The molecule has 0 fully saturated rings. The van der Waals surface area contributed by atoms with E-state index in [2.05, 4.69) is 26.6 Å². The van der Waals surface area contributed by atoms with Crippen molar-refractivity contribution in [2.24, 2.45) is 0 Å². The van der Waals surface area contributed by atoms with Gasteiger partial charge in [-0.25, -0.2) is 9.97 Å². The molecule has 5 nitrogen and oxygen atoms in total. The molecule has 0 N–H and O–H groups in total. The molecule has 2 aromatic heterocycles. The second-order valence-corrected chi connectivity index (χ2v) is 3.40. The largest absolute Gasteiger partial charge is 0.335 e. The van der Waals surface area contributed by atoms with Crippen LogP contribution in [0.15, 0.2) is 25.0 Å². The summed E-state index contributed by atoms with van der Waals surface area (Å²) in [6, 6.07) is 0. The lowest BCUT2D eigenvalue weighted by molar-refractivity contribution is 0.517. The van der Waals surface area contributed by atoms with E-state index in [1.807, 2.05) is 17.1 Å². The molecule has 0 amide bonds. The number of aromatic nitrogens is 5. The molecule has 2 heterocycles. The Labute approximate surface area is 88.8 Å². The first-order valence-electron chi connectivity index (χ1n) is 5.22. The summed E-state index contributed by atoms with van der Waals surface area (Å²) < 4.78 is 4.04. The zero-order valence-electron chi connectivity index (χ0n) is 8.87. The minimum absolute atomic E-state index is 0.904. The smallest absolute Gasteiger partial charge is 0.137 e. The lowest BCUT2D eigenvalue weighted by atomic mass is 10.4. The first kappa shape index (κ1) is 9.89. The summed E-state index contributed by atoms with van der Waals surface area (Å²) in [5.41, 5.74) is 0. The van der Waals surface area contributed by atoms with Crippen molar-refractivity contribution in [3.8, 4) is 0 Å². The van der Waals surface area contributed by atoms with Crippen LogP contribution in [0.3, 0.4) is 0 Å². The number of hydrogen-bond donors (Lipinski definition) is 0. The average Bonchev–Trinajstić information content (AvgIpc) is 2.88. The molecule has 15 heavy (non-hydrogen) atoms. The summed E-state index contributed by atoms with van der Waals surface area (Å²) in [6.45, 7) is 4.01. The van der Waals surface area contributed by atoms with Gasteiger partial charge in [-0.05, 0) is 6.42 Å². The van der Waals surface area contributed by atoms with Crippen LogP contribution in [0.4, 0.5) is 0 Å². The van der Waals surface area contributed by atoms with Crippen molar-refractivity contribution in [2.75, 3.05) is 0 Å². The van der Waals surface area contributed by atoms with Crippen molar-refractivity contribution in [1.29, 1.82) is 0 Å². The summed E-state index contributed by atoms with van der Waals surface area (Å²) in [5, 5.41) is 4.06. The van der Waals surface area contributed by atoms with Gasteiger partial charge in [0.25, 0.3) is 0 Å². The third-order valence-corrected chi connectivity index (χ3v) is 2.37. The Kier molecular flexibility index (Phi) is 3.11. The maximum Gasteiger partial charge on any atom is 0.137 e. The van der Waals surface area contributed by atoms with Crippen LogP contribution in [0.1, 0.15) is 19.2 Å². The van der Waals surface area contributed by atoms with Gasteiger partial charge in [0.15, 0.2) is 0 Å². The number of imidazole rings is 1. The van der Waals surface area contributed by atoms with Gasteiger partial charge >= 0.3 is 0 Å². The van der Waals surface area contributed by atoms with Crippen molar-refractivity contribution in [3.63, 3.8) is 0 Å². The Morgan fingerprint density at radius 3 is 3.00 bits per heavy atom. The lowest BCUT2D eigenvalue weighted by Crippen LogP contribution is -2.06. The van der Waals surface area contributed by atoms with Crippen molar-refractivity contribution < 1.29 is 0 Å². The fourth-order valence-corrected chi connectivity index (χ4v) is 1.61. The highest BCUT2D eigenvalue weighted by molar-refractivity contribution is 4.91. The molecule has 80 valence electrons. The molecule has 0 unspecified atom stereocenters. The monoisotopic (exact) mass is 205 g/mol. The molecule has 0 aliphatic heterocycles. The number of rotatable bonds is 5. The van der Waals surface area contributed by atoms with Crippen molar-refractivity contribution >= 4 is 0 Å². The molecule has 2 aromatic rings. The van der Waals surface area contributed by atoms with Gasteiger partial charge in [0, 0.05) is 31.9 Å². The molecule has 2 rings (SSSR count). The van der Waals surface area contributed by atoms with Crippen molar-refractivity contribution in [1.82, 2.24) is 24.3 Å². The zero-order chi connectivity index (χ0) is 10.5. The third-order valence-electron chi connectivity index (χ3n) is 2.37. The van der Waals surface area contributed by atoms with Crippen LogP contribution in [0.5, 0.6) is 0 Å². The van der Waals surface area contributed by atoms with E-state index in [-0.39, 0.29) is 0 Å². The standard InChI is InChI=1S/C10H15N5/c1-2-10-12-4-7-14(10)5-3-6-15-9-11-8-13-15/h4,7-9H,2-3,5-6H2,1H3. The van der Waals surface area contributed by atoms with Gasteiger partial charge in [-0.3, -0.25) is 4.68 Å². The van der Waals surface area contributed by atoms with E-state index < -0.39 is 0 Å². The van der Waals surface area contributed by atoms with Crippen LogP contribution in [0.2, 0.25) is 0 Å². The van der Waals surface area contributed by atoms with Gasteiger partial charge in [-0.1, -0.05) is 6.92 Å². The molecule has 0 aromatic carbocycles. The zero-order valence-corrected chi connectivity index (χ0v) is 8.87. The van der Waals surface area contributed by atoms with Crippen molar-refractivity contribution in [2.45, 2.75) is 32.9 Å². The normalized spacial score (nSPS) is 10.7. The van der Waals surface area contributed by atoms with Gasteiger partial charge in [-0.15, -0.1) is 0 Å². The number of hydrogen-bond acceptors (Lipinski definition) is 3. The predicted molar refractivity (Wildman–Crippen MR) is 56.2 cm³/mol. The molecule has 0 atom stereocenters. The fourth-order valence-electron chi connectivity index (χ4n) is 1.61. The Balaban J connectivity index is 1.83. The fraction of sp³-hybridized carbons (Fsp3) is 0.500. The molecule has 0 bridgehead atoms. The van der Waals surface area contributed by atoms with Crippen LogP contribution >= 0.6 is 0 Å². The van der Waals surface area contributed by atoms with Gasteiger partial charge < -0.3 is 4.57 Å². The Hall–Kier alpha value is -1.65. The summed E-state index contributed by atoms with van der Waals surface area (Å²) in [5.74, 6) is 1.15. The predicted octanol–water partition coefficient (Wildman–Crippen LogP) is 1.13. The van der Waals surface area contributed by atoms with E-state index in [0.29, 0.717) is 0 Å². The summed E-state index contributed by atoms with van der Waals surface area (Å²) in [7, 11) is 0.